The fourth-order valence-corrected chi connectivity index (χ4v) is 2.82. The van der Waals surface area contributed by atoms with Gasteiger partial charge in [0.15, 0.2) is 5.75 Å². The van der Waals surface area contributed by atoms with E-state index < -0.39 is 4.92 Å². The number of aliphatic hydroxyl groups excluding tert-OH is 1. The highest BCUT2D eigenvalue weighted by atomic mass is 16.6. The molecule has 2 N–H and O–H groups in total. The average Bonchev–Trinajstić information content (AvgIpc) is 2.49. The van der Waals surface area contributed by atoms with Crippen LogP contribution in [0.15, 0.2) is 18.2 Å². The molecule has 2 atom stereocenters. The summed E-state index contributed by atoms with van der Waals surface area (Å²) >= 11 is 0. The molecule has 2 unspecified atom stereocenters. The van der Waals surface area contributed by atoms with E-state index in [9.17, 15) is 15.2 Å². The first-order chi connectivity index (χ1) is 10.1. The van der Waals surface area contributed by atoms with Crippen LogP contribution in [0.5, 0.6) is 5.75 Å². The number of nitrogens with zero attached hydrogens (tertiary/aromatic N) is 1. The number of aliphatic hydroxyl groups is 1. The molecule has 6 nitrogen and oxygen atoms in total. The summed E-state index contributed by atoms with van der Waals surface area (Å²) in [7, 11) is 1.42. The van der Waals surface area contributed by atoms with Crippen LogP contribution in [0.4, 0.5) is 5.69 Å². The third-order valence-corrected chi connectivity index (χ3v) is 4.04. The molecule has 0 radical (unpaired) electrons. The van der Waals surface area contributed by atoms with Crippen molar-refractivity contribution in [2.45, 2.75) is 38.3 Å². The van der Waals surface area contributed by atoms with Crippen LogP contribution in [0.3, 0.4) is 0 Å². The number of nitro benzene ring substituents is 1. The van der Waals surface area contributed by atoms with Gasteiger partial charge in [0, 0.05) is 19.2 Å². The molecule has 1 fully saturated rings. The Morgan fingerprint density at radius 2 is 2.19 bits per heavy atom. The minimum atomic E-state index is -0.437. The molecule has 0 spiro atoms. The Morgan fingerprint density at radius 1 is 1.43 bits per heavy atom. The third-order valence-electron chi connectivity index (χ3n) is 4.04. The van der Waals surface area contributed by atoms with Gasteiger partial charge in [0.25, 0.3) is 0 Å². The SMILES string of the molecule is COc1ccc(CNCC2CCCCC2O)cc1[N+](=O)[O-]. The van der Waals surface area contributed by atoms with E-state index in [1.54, 1.807) is 6.07 Å². The van der Waals surface area contributed by atoms with Crippen molar-refractivity contribution in [3.8, 4) is 5.75 Å². The zero-order valence-corrected chi connectivity index (χ0v) is 12.2. The van der Waals surface area contributed by atoms with E-state index in [2.05, 4.69) is 5.32 Å². The lowest BCUT2D eigenvalue weighted by Gasteiger charge is -2.27. The summed E-state index contributed by atoms with van der Waals surface area (Å²) in [5, 5.41) is 24.2. The number of methoxy groups -OCH3 is 1. The molecule has 1 aliphatic carbocycles. The smallest absolute Gasteiger partial charge is 0.311 e. The molecule has 6 heteroatoms. The van der Waals surface area contributed by atoms with E-state index in [0.717, 1.165) is 37.8 Å². The molecule has 2 rings (SSSR count). The van der Waals surface area contributed by atoms with Gasteiger partial charge >= 0.3 is 5.69 Å². The summed E-state index contributed by atoms with van der Waals surface area (Å²) < 4.78 is 4.98. The first kappa shape index (κ1) is 15.7. The Bertz CT molecular complexity index is 493. The lowest BCUT2D eigenvalue weighted by Crippen LogP contribution is -2.33. The molecule has 0 saturated heterocycles. The fraction of sp³-hybridized carbons (Fsp3) is 0.600. The summed E-state index contributed by atoms with van der Waals surface area (Å²) in [5.41, 5.74) is 0.822. The van der Waals surface area contributed by atoms with Crippen molar-refractivity contribution in [3.63, 3.8) is 0 Å². The average molecular weight is 294 g/mol. The van der Waals surface area contributed by atoms with Crippen molar-refractivity contribution in [2.24, 2.45) is 5.92 Å². The number of hydrogen-bond donors (Lipinski definition) is 2. The van der Waals surface area contributed by atoms with Crippen molar-refractivity contribution < 1.29 is 14.8 Å². The maximum atomic E-state index is 11.0. The van der Waals surface area contributed by atoms with Gasteiger partial charge in [-0.3, -0.25) is 10.1 Å². The molecular weight excluding hydrogens is 272 g/mol. The van der Waals surface area contributed by atoms with E-state index in [0.29, 0.717) is 6.54 Å². The molecule has 116 valence electrons. The van der Waals surface area contributed by atoms with Crippen LogP contribution < -0.4 is 10.1 Å². The highest BCUT2D eigenvalue weighted by molar-refractivity contribution is 5.48. The zero-order valence-electron chi connectivity index (χ0n) is 12.2. The van der Waals surface area contributed by atoms with Crippen molar-refractivity contribution in [1.29, 1.82) is 0 Å². The second kappa shape index (κ2) is 7.38. The molecule has 1 aliphatic rings. The Kier molecular flexibility index (Phi) is 5.52. The standard InChI is InChI=1S/C15H22N2O4/c1-21-15-7-6-11(8-13(15)17(19)20)9-16-10-12-4-2-3-5-14(12)18/h6-8,12,14,16,18H,2-5,9-10H2,1H3. The Hall–Kier alpha value is -1.66. The Balaban J connectivity index is 1.91. The van der Waals surface area contributed by atoms with E-state index in [1.807, 2.05) is 6.07 Å². The van der Waals surface area contributed by atoms with Crippen LogP contribution >= 0.6 is 0 Å². The first-order valence-electron chi connectivity index (χ1n) is 7.32. The second-order valence-corrected chi connectivity index (χ2v) is 5.51. The zero-order chi connectivity index (χ0) is 15.2. The van der Waals surface area contributed by atoms with Gasteiger partial charge in [0.1, 0.15) is 0 Å². The number of ether oxygens (including phenoxy) is 1. The van der Waals surface area contributed by atoms with Crippen molar-refractivity contribution in [2.75, 3.05) is 13.7 Å². The fourth-order valence-electron chi connectivity index (χ4n) is 2.82. The van der Waals surface area contributed by atoms with E-state index in [1.165, 1.54) is 13.2 Å². The monoisotopic (exact) mass is 294 g/mol. The van der Waals surface area contributed by atoms with Gasteiger partial charge in [-0.1, -0.05) is 18.9 Å². The number of nitrogens with one attached hydrogen (secondary N) is 1. The van der Waals surface area contributed by atoms with Gasteiger partial charge in [0.2, 0.25) is 0 Å². The Labute approximate surface area is 124 Å². The normalized spacial score (nSPS) is 22.0. The molecule has 0 bridgehead atoms. The van der Waals surface area contributed by atoms with Gasteiger partial charge in [-0.25, -0.2) is 0 Å². The van der Waals surface area contributed by atoms with Crippen molar-refractivity contribution in [3.05, 3.63) is 33.9 Å². The Morgan fingerprint density at radius 3 is 2.86 bits per heavy atom. The lowest BCUT2D eigenvalue weighted by molar-refractivity contribution is -0.385. The molecule has 1 aromatic carbocycles. The van der Waals surface area contributed by atoms with Gasteiger partial charge in [-0.2, -0.15) is 0 Å². The summed E-state index contributed by atoms with van der Waals surface area (Å²) in [6.45, 7) is 1.29. The maximum Gasteiger partial charge on any atom is 0.311 e. The molecule has 1 aromatic rings. The molecular formula is C15H22N2O4. The van der Waals surface area contributed by atoms with Gasteiger partial charge in [-0.15, -0.1) is 0 Å². The maximum absolute atomic E-state index is 11.0. The molecule has 0 aliphatic heterocycles. The van der Waals surface area contributed by atoms with Crippen LogP contribution in [0.1, 0.15) is 31.2 Å². The summed E-state index contributed by atoms with van der Waals surface area (Å²) in [6.07, 6.45) is 3.95. The van der Waals surface area contributed by atoms with Gasteiger partial charge < -0.3 is 15.2 Å². The summed E-state index contributed by atoms with van der Waals surface area (Å²) in [4.78, 5) is 10.5. The number of rotatable bonds is 6. The lowest BCUT2D eigenvalue weighted by atomic mass is 9.86. The van der Waals surface area contributed by atoms with Crippen molar-refractivity contribution in [1.82, 2.24) is 5.32 Å². The van der Waals surface area contributed by atoms with E-state index in [-0.39, 0.29) is 23.5 Å². The summed E-state index contributed by atoms with van der Waals surface area (Å²) in [5.74, 6) is 0.554. The van der Waals surface area contributed by atoms with Crippen LogP contribution in [-0.2, 0) is 6.54 Å². The van der Waals surface area contributed by atoms with Crippen molar-refractivity contribution >= 4 is 5.69 Å². The molecule has 0 aromatic heterocycles. The molecule has 0 heterocycles. The largest absolute Gasteiger partial charge is 0.490 e. The first-order valence-corrected chi connectivity index (χ1v) is 7.32. The third kappa shape index (κ3) is 4.15. The number of benzene rings is 1. The van der Waals surface area contributed by atoms with E-state index >= 15 is 0 Å². The highest BCUT2D eigenvalue weighted by Crippen LogP contribution is 2.27. The summed E-state index contributed by atoms with van der Waals surface area (Å²) in [6, 6.07) is 4.96. The van der Waals surface area contributed by atoms with Gasteiger partial charge in [0.05, 0.1) is 18.1 Å². The highest BCUT2D eigenvalue weighted by Gasteiger charge is 2.22. The van der Waals surface area contributed by atoms with Gasteiger partial charge in [-0.05, 0) is 30.4 Å². The number of nitro groups is 1. The topological polar surface area (TPSA) is 84.6 Å². The van der Waals surface area contributed by atoms with Crippen LogP contribution in [0, 0.1) is 16.0 Å². The minimum absolute atomic E-state index is 0.0190. The molecule has 0 amide bonds. The predicted octanol–water partition coefficient (Wildman–Crippen LogP) is 2.24. The quantitative estimate of drug-likeness (QED) is 0.621. The minimum Gasteiger partial charge on any atom is -0.490 e. The predicted molar refractivity (Wildman–Crippen MR) is 79.3 cm³/mol. The molecule has 1 saturated carbocycles. The second-order valence-electron chi connectivity index (χ2n) is 5.51. The van der Waals surface area contributed by atoms with E-state index in [4.69, 9.17) is 4.74 Å². The van der Waals surface area contributed by atoms with Crippen LogP contribution in [-0.4, -0.2) is 29.8 Å². The van der Waals surface area contributed by atoms with Crippen LogP contribution in [0.25, 0.3) is 0 Å². The molecule has 21 heavy (non-hydrogen) atoms. The van der Waals surface area contributed by atoms with Crippen LogP contribution in [0.2, 0.25) is 0 Å². The number of hydrogen-bond acceptors (Lipinski definition) is 5.